The molecule has 3 aromatic rings. The van der Waals surface area contributed by atoms with E-state index in [1.54, 1.807) is 12.3 Å². The second-order valence-corrected chi connectivity index (χ2v) is 12.6. The van der Waals surface area contributed by atoms with E-state index in [0.29, 0.717) is 34.0 Å². The number of fused-ring (bicyclic) bond motifs is 1. The first-order chi connectivity index (χ1) is 14.3. The Labute approximate surface area is 192 Å². The standard InChI is InChI=1S/C20H22ClIN4O3S/c1-29-17-9-13(30(22,27)28)7-8-15(17)25-18-10-16(24-12-5-3-2-4-6-12)19-14(21)11-23-20(19)26-18/h7-12H,2-6H2,1H3,(H3,23,24,25,26). The number of ether oxygens (including phenoxy) is 1. The Morgan fingerprint density at radius 2 is 1.97 bits per heavy atom. The number of halogens is 2. The number of methoxy groups -OCH3 is 1. The van der Waals surface area contributed by atoms with Crippen molar-refractivity contribution in [1.29, 1.82) is 0 Å². The molecule has 160 valence electrons. The van der Waals surface area contributed by atoms with E-state index in [9.17, 15) is 8.42 Å². The van der Waals surface area contributed by atoms with Gasteiger partial charge in [0.2, 0.25) is 7.01 Å². The Morgan fingerprint density at radius 3 is 2.67 bits per heavy atom. The third kappa shape index (κ3) is 4.62. The number of aromatic nitrogens is 2. The molecule has 1 fully saturated rings. The van der Waals surface area contributed by atoms with Crippen LogP contribution in [-0.2, 0) is 7.01 Å². The van der Waals surface area contributed by atoms with Crippen molar-refractivity contribution in [3.8, 4) is 5.75 Å². The normalized spacial score (nSPS) is 15.3. The van der Waals surface area contributed by atoms with Gasteiger partial charge in [-0.25, -0.2) is 13.4 Å². The monoisotopic (exact) mass is 560 g/mol. The van der Waals surface area contributed by atoms with Gasteiger partial charge < -0.3 is 20.4 Å². The summed E-state index contributed by atoms with van der Waals surface area (Å²) in [7, 11) is -1.86. The van der Waals surface area contributed by atoms with Crippen LogP contribution in [0.3, 0.4) is 0 Å². The number of hydrogen-bond donors (Lipinski definition) is 3. The third-order valence-electron chi connectivity index (χ3n) is 5.28. The van der Waals surface area contributed by atoms with Gasteiger partial charge in [0.1, 0.15) is 17.2 Å². The molecule has 1 aliphatic rings. The summed E-state index contributed by atoms with van der Waals surface area (Å²) in [6.07, 6.45) is 7.73. The van der Waals surface area contributed by atoms with E-state index in [0.717, 1.165) is 23.9 Å². The summed E-state index contributed by atoms with van der Waals surface area (Å²) in [4.78, 5) is 7.92. The third-order valence-corrected chi connectivity index (χ3v) is 7.92. The van der Waals surface area contributed by atoms with Gasteiger partial charge in [0.25, 0.3) is 0 Å². The van der Waals surface area contributed by atoms with Crippen LogP contribution >= 0.6 is 32.8 Å². The number of rotatable bonds is 6. The Kier molecular flexibility index (Phi) is 6.31. The molecule has 2 aromatic heterocycles. The highest BCUT2D eigenvalue weighted by Crippen LogP contribution is 2.36. The van der Waals surface area contributed by atoms with Crippen molar-refractivity contribution in [2.75, 3.05) is 17.7 Å². The van der Waals surface area contributed by atoms with Gasteiger partial charge in [-0.05, 0) is 25.0 Å². The first-order valence-electron chi connectivity index (χ1n) is 9.69. The maximum Gasteiger partial charge on any atom is 0.231 e. The highest BCUT2D eigenvalue weighted by Gasteiger charge is 2.18. The molecular formula is C20H22ClIN4O3S. The summed E-state index contributed by atoms with van der Waals surface area (Å²) in [6.45, 7) is 0. The number of anilines is 3. The molecule has 0 amide bonds. The van der Waals surface area contributed by atoms with Crippen LogP contribution in [0.1, 0.15) is 32.1 Å². The molecule has 0 radical (unpaired) electrons. The molecule has 7 nitrogen and oxygen atoms in total. The lowest BCUT2D eigenvalue weighted by Gasteiger charge is -2.24. The summed E-state index contributed by atoms with van der Waals surface area (Å²) in [5.74, 6) is 1.02. The Bertz CT molecular complexity index is 1180. The van der Waals surface area contributed by atoms with Crippen molar-refractivity contribution in [3.63, 3.8) is 0 Å². The zero-order chi connectivity index (χ0) is 21.3. The van der Waals surface area contributed by atoms with Crippen LogP contribution in [-0.4, -0.2) is 31.5 Å². The minimum Gasteiger partial charge on any atom is -0.495 e. The van der Waals surface area contributed by atoms with Gasteiger partial charge in [0.15, 0.2) is 0 Å². The van der Waals surface area contributed by atoms with E-state index in [-0.39, 0.29) is 4.90 Å². The van der Waals surface area contributed by atoms with Crippen LogP contribution in [0.4, 0.5) is 17.2 Å². The van der Waals surface area contributed by atoms with Crippen molar-refractivity contribution >= 4 is 68.0 Å². The zero-order valence-electron chi connectivity index (χ0n) is 16.3. The van der Waals surface area contributed by atoms with Gasteiger partial charge in [0, 0.05) is 24.4 Å². The molecule has 0 atom stereocenters. The fourth-order valence-corrected chi connectivity index (χ4v) is 5.35. The van der Waals surface area contributed by atoms with Gasteiger partial charge in [-0.3, -0.25) is 0 Å². The number of hydrogen-bond acceptors (Lipinski definition) is 6. The molecule has 1 saturated carbocycles. The van der Waals surface area contributed by atoms with E-state index >= 15 is 0 Å². The van der Waals surface area contributed by atoms with Crippen LogP contribution in [0.2, 0.25) is 5.02 Å². The van der Waals surface area contributed by atoms with E-state index in [2.05, 4.69) is 20.6 Å². The summed E-state index contributed by atoms with van der Waals surface area (Å²) in [5.41, 5.74) is 2.22. The van der Waals surface area contributed by atoms with Crippen molar-refractivity contribution in [1.82, 2.24) is 9.97 Å². The number of nitrogens with zero attached hydrogens (tertiary/aromatic N) is 1. The van der Waals surface area contributed by atoms with E-state index in [1.165, 1.54) is 59.7 Å². The second kappa shape index (κ2) is 8.80. The average Bonchev–Trinajstić information content (AvgIpc) is 3.09. The lowest BCUT2D eigenvalue weighted by Crippen LogP contribution is -2.22. The highest BCUT2D eigenvalue weighted by atomic mass is 127. The molecule has 0 unspecified atom stereocenters. The molecule has 0 aliphatic heterocycles. The largest absolute Gasteiger partial charge is 0.495 e. The fraction of sp³-hybridized carbons (Fsp3) is 0.350. The smallest absolute Gasteiger partial charge is 0.231 e. The zero-order valence-corrected chi connectivity index (χ0v) is 20.1. The SMILES string of the molecule is COc1cc(S(=O)(=O)I)ccc1Nc1cc(NC2CCCCC2)c2c(Cl)c[nH]c2n1. The van der Waals surface area contributed by atoms with Crippen LogP contribution in [0.5, 0.6) is 5.75 Å². The van der Waals surface area contributed by atoms with Crippen LogP contribution < -0.4 is 15.4 Å². The second-order valence-electron chi connectivity index (χ2n) is 7.32. The molecule has 4 rings (SSSR count). The van der Waals surface area contributed by atoms with Crippen molar-refractivity contribution in [3.05, 3.63) is 35.5 Å². The van der Waals surface area contributed by atoms with Crippen molar-refractivity contribution in [2.45, 2.75) is 43.0 Å². The van der Waals surface area contributed by atoms with Gasteiger partial charge in [-0.2, -0.15) is 0 Å². The highest BCUT2D eigenvalue weighted by molar-refractivity contribution is 14.2. The number of nitrogens with one attached hydrogen (secondary N) is 3. The summed E-state index contributed by atoms with van der Waals surface area (Å²) in [6, 6.07) is 7.05. The van der Waals surface area contributed by atoms with E-state index in [1.807, 2.05) is 6.07 Å². The van der Waals surface area contributed by atoms with Gasteiger partial charge >= 0.3 is 0 Å². The maximum atomic E-state index is 11.8. The Hall–Kier alpha value is -1.72. The fourth-order valence-electron chi connectivity index (χ4n) is 3.80. The van der Waals surface area contributed by atoms with E-state index < -0.39 is 7.01 Å². The molecule has 2 heterocycles. The minimum absolute atomic E-state index is 0.185. The molecule has 1 aliphatic carbocycles. The number of pyridine rings is 1. The minimum atomic E-state index is -3.36. The summed E-state index contributed by atoms with van der Waals surface area (Å²) in [5, 5.41) is 8.37. The predicted octanol–water partition coefficient (Wildman–Crippen LogP) is 5.84. The Balaban J connectivity index is 1.69. The molecular weight excluding hydrogens is 539 g/mol. The Morgan fingerprint density at radius 1 is 1.20 bits per heavy atom. The molecule has 0 spiro atoms. The summed E-state index contributed by atoms with van der Waals surface area (Å²) >= 11 is 7.82. The number of aromatic amines is 1. The van der Waals surface area contributed by atoms with Crippen molar-refractivity contribution < 1.29 is 13.2 Å². The lowest BCUT2D eigenvalue weighted by molar-refractivity contribution is 0.415. The first-order valence-corrected chi connectivity index (χ1v) is 14.1. The maximum absolute atomic E-state index is 11.8. The van der Waals surface area contributed by atoms with Gasteiger partial charge in [0.05, 0.1) is 55.0 Å². The molecule has 0 saturated heterocycles. The van der Waals surface area contributed by atoms with Crippen LogP contribution in [0, 0.1) is 0 Å². The lowest BCUT2D eigenvalue weighted by atomic mass is 9.95. The average molecular weight is 561 g/mol. The predicted molar refractivity (Wildman–Crippen MR) is 129 cm³/mol. The topological polar surface area (TPSA) is 96.1 Å². The molecule has 10 heteroatoms. The number of H-pyrrole nitrogens is 1. The first kappa shape index (κ1) is 21.5. The molecule has 0 bridgehead atoms. The van der Waals surface area contributed by atoms with Crippen LogP contribution in [0.15, 0.2) is 35.4 Å². The molecule has 30 heavy (non-hydrogen) atoms. The van der Waals surface area contributed by atoms with Gasteiger partial charge in [-0.15, -0.1) is 0 Å². The quantitative estimate of drug-likeness (QED) is 0.259. The van der Waals surface area contributed by atoms with Gasteiger partial charge in [-0.1, -0.05) is 30.9 Å². The number of benzene rings is 1. The van der Waals surface area contributed by atoms with E-state index in [4.69, 9.17) is 16.3 Å². The summed E-state index contributed by atoms with van der Waals surface area (Å²) < 4.78 is 29.0. The van der Waals surface area contributed by atoms with Crippen molar-refractivity contribution in [2.24, 2.45) is 0 Å². The van der Waals surface area contributed by atoms with Crippen LogP contribution in [0.25, 0.3) is 11.0 Å². The molecule has 1 aromatic carbocycles. The molecule has 3 N–H and O–H groups in total.